The summed E-state index contributed by atoms with van der Waals surface area (Å²) in [4.78, 5) is 14.4. The summed E-state index contributed by atoms with van der Waals surface area (Å²) < 4.78 is 22.3. The van der Waals surface area contributed by atoms with Gasteiger partial charge < -0.3 is 5.32 Å². The van der Waals surface area contributed by atoms with E-state index in [1.54, 1.807) is 30.3 Å². The van der Waals surface area contributed by atoms with E-state index in [2.05, 4.69) is 10.3 Å². The van der Waals surface area contributed by atoms with Crippen LogP contribution in [0, 0.1) is 21.4 Å². The molecular formula is C15H14N4O4S. The SMILES string of the molecule is CS(=O)(=O)CCc1ccc(Nc2nccc(C#N)c2[N+](=O)[O-])cc1. The normalized spacial score (nSPS) is 10.8. The molecule has 124 valence electrons. The molecule has 9 heteroatoms. The van der Waals surface area contributed by atoms with Gasteiger partial charge in [0.2, 0.25) is 5.82 Å². The minimum Gasteiger partial charge on any atom is -0.334 e. The number of rotatable bonds is 6. The van der Waals surface area contributed by atoms with E-state index in [-0.39, 0.29) is 22.8 Å². The third kappa shape index (κ3) is 4.50. The molecule has 0 saturated carbocycles. The number of hydrogen-bond donors (Lipinski definition) is 1. The van der Waals surface area contributed by atoms with Crippen molar-refractivity contribution in [2.75, 3.05) is 17.3 Å². The van der Waals surface area contributed by atoms with Crippen molar-refractivity contribution in [3.05, 3.63) is 57.8 Å². The predicted octanol–water partition coefficient (Wildman–Crippen LogP) is 2.19. The lowest BCUT2D eigenvalue weighted by Crippen LogP contribution is -2.06. The van der Waals surface area contributed by atoms with Gasteiger partial charge in [-0.3, -0.25) is 10.1 Å². The second-order valence-electron chi connectivity index (χ2n) is 5.13. The molecule has 0 bridgehead atoms. The number of sulfone groups is 1. The van der Waals surface area contributed by atoms with Gasteiger partial charge in [0.15, 0.2) is 0 Å². The summed E-state index contributed by atoms with van der Waals surface area (Å²) in [7, 11) is -3.04. The molecule has 1 heterocycles. The van der Waals surface area contributed by atoms with E-state index in [9.17, 15) is 18.5 Å². The van der Waals surface area contributed by atoms with E-state index in [0.717, 1.165) is 5.56 Å². The highest BCUT2D eigenvalue weighted by molar-refractivity contribution is 7.90. The fourth-order valence-corrected chi connectivity index (χ4v) is 2.62. The Bertz CT molecular complexity index is 902. The molecular weight excluding hydrogens is 332 g/mol. The lowest BCUT2D eigenvalue weighted by molar-refractivity contribution is -0.384. The summed E-state index contributed by atoms with van der Waals surface area (Å²) in [5.41, 5.74) is 0.909. The van der Waals surface area contributed by atoms with Crippen molar-refractivity contribution >= 4 is 27.0 Å². The quantitative estimate of drug-likeness (QED) is 0.627. The van der Waals surface area contributed by atoms with Gasteiger partial charge in [-0.05, 0) is 30.2 Å². The molecule has 0 spiro atoms. The maximum Gasteiger partial charge on any atom is 0.329 e. The summed E-state index contributed by atoms with van der Waals surface area (Å²) in [6.45, 7) is 0. The highest BCUT2D eigenvalue weighted by Crippen LogP contribution is 2.28. The molecule has 8 nitrogen and oxygen atoms in total. The molecule has 24 heavy (non-hydrogen) atoms. The molecule has 0 atom stereocenters. The lowest BCUT2D eigenvalue weighted by Gasteiger charge is -2.08. The third-order valence-corrected chi connectivity index (χ3v) is 4.15. The number of aromatic nitrogens is 1. The van der Waals surface area contributed by atoms with Crippen molar-refractivity contribution < 1.29 is 13.3 Å². The van der Waals surface area contributed by atoms with Gasteiger partial charge in [-0.2, -0.15) is 5.26 Å². The summed E-state index contributed by atoms with van der Waals surface area (Å²) in [6, 6.07) is 9.84. The van der Waals surface area contributed by atoms with E-state index in [1.807, 2.05) is 0 Å². The Kier molecular flexibility index (Phi) is 5.11. The Morgan fingerprint density at radius 3 is 2.50 bits per heavy atom. The van der Waals surface area contributed by atoms with Gasteiger partial charge in [-0.15, -0.1) is 0 Å². The molecule has 0 amide bonds. The average Bonchev–Trinajstić information content (AvgIpc) is 2.53. The average molecular weight is 346 g/mol. The van der Waals surface area contributed by atoms with Gasteiger partial charge in [0.1, 0.15) is 21.5 Å². The Hall–Kier alpha value is -2.99. The van der Waals surface area contributed by atoms with E-state index < -0.39 is 14.8 Å². The van der Waals surface area contributed by atoms with Crippen LogP contribution in [0.1, 0.15) is 11.1 Å². The van der Waals surface area contributed by atoms with E-state index >= 15 is 0 Å². The number of aryl methyl sites for hydroxylation is 1. The van der Waals surface area contributed by atoms with Crippen LogP contribution >= 0.6 is 0 Å². The minimum atomic E-state index is -3.04. The molecule has 0 radical (unpaired) electrons. The van der Waals surface area contributed by atoms with Crippen molar-refractivity contribution in [1.29, 1.82) is 5.26 Å². The maximum absolute atomic E-state index is 11.2. The fourth-order valence-electron chi connectivity index (χ4n) is 2.02. The second kappa shape index (κ2) is 7.06. The van der Waals surface area contributed by atoms with Crippen LogP contribution in [0.25, 0.3) is 0 Å². The number of nitriles is 1. The molecule has 2 aromatic rings. The molecule has 0 aliphatic carbocycles. The Morgan fingerprint density at radius 1 is 1.29 bits per heavy atom. The van der Waals surface area contributed by atoms with Crippen LogP contribution in [0.15, 0.2) is 36.5 Å². The predicted molar refractivity (Wildman–Crippen MR) is 88.7 cm³/mol. The molecule has 1 aromatic carbocycles. The summed E-state index contributed by atoms with van der Waals surface area (Å²) in [5.74, 6) is 0.0275. The first kappa shape index (κ1) is 17.4. The van der Waals surface area contributed by atoms with Crippen LogP contribution in [0.2, 0.25) is 0 Å². The first-order valence-corrected chi connectivity index (χ1v) is 8.93. The summed E-state index contributed by atoms with van der Waals surface area (Å²) in [6.07, 6.45) is 2.88. The number of pyridine rings is 1. The molecule has 1 N–H and O–H groups in total. The van der Waals surface area contributed by atoms with Crippen molar-refractivity contribution in [1.82, 2.24) is 4.98 Å². The molecule has 0 unspecified atom stereocenters. The first-order valence-electron chi connectivity index (χ1n) is 6.87. The zero-order chi connectivity index (χ0) is 17.7. The second-order valence-corrected chi connectivity index (χ2v) is 7.39. The smallest absolute Gasteiger partial charge is 0.329 e. The number of nitro groups is 1. The topological polar surface area (TPSA) is 126 Å². The van der Waals surface area contributed by atoms with E-state index in [0.29, 0.717) is 12.1 Å². The van der Waals surface area contributed by atoms with Crippen LogP contribution < -0.4 is 5.32 Å². The van der Waals surface area contributed by atoms with E-state index in [1.165, 1.54) is 18.5 Å². The van der Waals surface area contributed by atoms with Crippen LogP contribution in [0.5, 0.6) is 0 Å². The maximum atomic E-state index is 11.2. The van der Waals surface area contributed by atoms with Crippen molar-refractivity contribution in [2.45, 2.75) is 6.42 Å². The highest BCUT2D eigenvalue weighted by atomic mass is 32.2. The molecule has 2 rings (SSSR count). The minimum absolute atomic E-state index is 0.0251. The first-order chi connectivity index (χ1) is 11.3. The Morgan fingerprint density at radius 2 is 1.96 bits per heavy atom. The highest BCUT2D eigenvalue weighted by Gasteiger charge is 2.21. The van der Waals surface area contributed by atoms with Gasteiger partial charge in [-0.25, -0.2) is 13.4 Å². The lowest BCUT2D eigenvalue weighted by atomic mass is 10.1. The van der Waals surface area contributed by atoms with Crippen LogP contribution in [-0.2, 0) is 16.3 Å². The standard InChI is InChI=1S/C15H14N4O4S/c1-24(22,23)9-7-11-2-4-13(5-3-11)18-15-14(19(20)21)12(10-16)6-8-17-15/h2-6,8H,7,9H2,1H3,(H,17,18). The van der Waals surface area contributed by atoms with E-state index in [4.69, 9.17) is 5.26 Å². The van der Waals surface area contributed by atoms with Crippen molar-refractivity contribution in [3.8, 4) is 6.07 Å². The zero-order valence-electron chi connectivity index (χ0n) is 12.8. The third-order valence-electron chi connectivity index (χ3n) is 3.21. The van der Waals surface area contributed by atoms with Crippen LogP contribution in [0.3, 0.4) is 0 Å². The van der Waals surface area contributed by atoms with Crippen molar-refractivity contribution in [3.63, 3.8) is 0 Å². The molecule has 0 aliphatic rings. The summed E-state index contributed by atoms with van der Waals surface area (Å²) in [5, 5.41) is 22.9. The fraction of sp³-hybridized carbons (Fsp3) is 0.200. The Labute approximate surface area is 138 Å². The number of nitrogens with one attached hydrogen (secondary N) is 1. The van der Waals surface area contributed by atoms with Gasteiger partial charge >= 0.3 is 5.69 Å². The van der Waals surface area contributed by atoms with Gasteiger partial charge in [0.25, 0.3) is 0 Å². The number of hydrogen-bond acceptors (Lipinski definition) is 7. The largest absolute Gasteiger partial charge is 0.334 e. The number of benzene rings is 1. The van der Waals surface area contributed by atoms with Crippen LogP contribution in [-0.4, -0.2) is 30.3 Å². The number of nitrogens with zero attached hydrogens (tertiary/aromatic N) is 3. The molecule has 1 aromatic heterocycles. The van der Waals surface area contributed by atoms with Gasteiger partial charge in [0.05, 0.1) is 10.7 Å². The monoisotopic (exact) mass is 346 g/mol. The van der Waals surface area contributed by atoms with Gasteiger partial charge in [-0.1, -0.05) is 12.1 Å². The molecule has 0 aliphatic heterocycles. The van der Waals surface area contributed by atoms with Crippen molar-refractivity contribution in [2.24, 2.45) is 0 Å². The zero-order valence-corrected chi connectivity index (χ0v) is 13.6. The van der Waals surface area contributed by atoms with Crippen LogP contribution in [0.4, 0.5) is 17.2 Å². The molecule has 0 saturated heterocycles. The van der Waals surface area contributed by atoms with Gasteiger partial charge in [0, 0.05) is 18.1 Å². The number of anilines is 2. The molecule has 0 fully saturated rings. The Balaban J connectivity index is 2.21. The summed E-state index contributed by atoms with van der Waals surface area (Å²) >= 11 is 0.